The van der Waals surface area contributed by atoms with Gasteiger partial charge in [-0.1, -0.05) is 0 Å². The Balaban J connectivity index is 1.56. The number of ether oxygens (including phenoxy) is 1. The summed E-state index contributed by atoms with van der Waals surface area (Å²) in [5.41, 5.74) is 0.00902. The fraction of sp³-hybridized carbons (Fsp3) is 0.667. The molecule has 3 heterocycles. The van der Waals surface area contributed by atoms with Gasteiger partial charge in [0.2, 0.25) is 0 Å². The number of rotatable bonds is 2. The first-order valence-electron chi connectivity index (χ1n) is 7.84. The zero-order valence-corrected chi connectivity index (χ0v) is 12.8. The van der Waals surface area contributed by atoms with Gasteiger partial charge in [0.1, 0.15) is 5.69 Å². The lowest BCUT2D eigenvalue weighted by atomic mass is 10.0. The molecule has 0 aliphatic carbocycles. The molecular weight excluding hydrogens is 284 g/mol. The molecule has 1 amide bonds. The van der Waals surface area contributed by atoms with Gasteiger partial charge in [-0.15, -0.1) is 0 Å². The van der Waals surface area contributed by atoms with Gasteiger partial charge in [-0.05, 0) is 25.8 Å². The average Bonchev–Trinajstić information content (AvgIpc) is 2.55. The Hall–Kier alpha value is -1.73. The van der Waals surface area contributed by atoms with Crippen molar-refractivity contribution in [2.24, 2.45) is 0 Å². The van der Waals surface area contributed by atoms with Crippen LogP contribution in [0.5, 0.6) is 0 Å². The highest BCUT2D eigenvalue weighted by Gasteiger charge is 2.30. The molecule has 0 saturated carbocycles. The molecule has 2 aliphatic heterocycles. The molecule has 7 heteroatoms. The molecule has 2 saturated heterocycles. The Labute approximate surface area is 129 Å². The molecule has 1 atom stereocenters. The lowest BCUT2D eigenvalue weighted by Gasteiger charge is -2.41. The van der Waals surface area contributed by atoms with Gasteiger partial charge in [0.25, 0.3) is 11.5 Å². The van der Waals surface area contributed by atoms with Crippen LogP contribution in [0.15, 0.2) is 16.9 Å². The van der Waals surface area contributed by atoms with Crippen molar-refractivity contribution in [2.45, 2.75) is 31.9 Å². The summed E-state index contributed by atoms with van der Waals surface area (Å²) >= 11 is 0. The first-order chi connectivity index (χ1) is 10.6. The number of hydrogen-bond acceptors (Lipinski definition) is 5. The second-order valence-electron chi connectivity index (χ2n) is 6.01. The predicted molar refractivity (Wildman–Crippen MR) is 80.8 cm³/mol. The summed E-state index contributed by atoms with van der Waals surface area (Å²) in [7, 11) is 0. The van der Waals surface area contributed by atoms with Crippen molar-refractivity contribution in [3.05, 3.63) is 28.2 Å². The van der Waals surface area contributed by atoms with Crippen molar-refractivity contribution >= 4 is 5.91 Å². The van der Waals surface area contributed by atoms with Crippen LogP contribution in [0.1, 0.15) is 30.3 Å². The number of piperidine rings is 1. The van der Waals surface area contributed by atoms with Crippen LogP contribution in [0.2, 0.25) is 0 Å². The molecule has 0 radical (unpaired) electrons. The number of aromatic amines is 1. The fourth-order valence-corrected chi connectivity index (χ4v) is 3.24. The van der Waals surface area contributed by atoms with Gasteiger partial charge in [-0.25, -0.2) is 5.10 Å². The number of amides is 1. The van der Waals surface area contributed by atoms with Crippen molar-refractivity contribution in [1.82, 2.24) is 20.0 Å². The molecule has 1 aromatic rings. The highest BCUT2D eigenvalue weighted by Crippen LogP contribution is 2.20. The van der Waals surface area contributed by atoms with Gasteiger partial charge in [0.15, 0.2) is 0 Å². The van der Waals surface area contributed by atoms with Crippen LogP contribution in [-0.2, 0) is 4.74 Å². The third-order valence-electron chi connectivity index (χ3n) is 4.44. The summed E-state index contributed by atoms with van der Waals surface area (Å²) in [6, 6.07) is 3.35. The van der Waals surface area contributed by atoms with Crippen molar-refractivity contribution < 1.29 is 9.53 Å². The molecule has 1 N–H and O–H groups in total. The number of nitrogens with one attached hydrogen (secondary N) is 1. The van der Waals surface area contributed by atoms with Crippen LogP contribution >= 0.6 is 0 Å². The molecule has 120 valence electrons. The van der Waals surface area contributed by atoms with E-state index in [1.54, 1.807) is 0 Å². The first-order valence-corrected chi connectivity index (χ1v) is 7.84. The number of hydrogen-bond donors (Lipinski definition) is 1. The first kappa shape index (κ1) is 15.2. The van der Waals surface area contributed by atoms with Gasteiger partial charge < -0.3 is 9.64 Å². The summed E-state index contributed by atoms with van der Waals surface area (Å²) in [4.78, 5) is 27.7. The van der Waals surface area contributed by atoms with Gasteiger partial charge in [-0.2, -0.15) is 5.10 Å². The quantitative estimate of drug-likeness (QED) is 0.838. The zero-order valence-electron chi connectivity index (χ0n) is 12.8. The van der Waals surface area contributed by atoms with Crippen molar-refractivity contribution in [3.8, 4) is 0 Å². The molecule has 22 heavy (non-hydrogen) atoms. The van der Waals surface area contributed by atoms with Gasteiger partial charge in [0, 0.05) is 38.3 Å². The van der Waals surface area contributed by atoms with E-state index in [9.17, 15) is 9.59 Å². The van der Waals surface area contributed by atoms with Crippen LogP contribution in [0.3, 0.4) is 0 Å². The van der Waals surface area contributed by atoms with E-state index in [0.29, 0.717) is 17.8 Å². The zero-order chi connectivity index (χ0) is 15.5. The van der Waals surface area contributed by atoms with Crippen LogP contribution < -0.4 is 5.56 Å². The smallest absolute Gasteiger partial charge is 0.274 e. The number of H-pyrrole nitrogens is 1. The highest BCUT2D eigenvalue weighted by atomic mass is 16.5. The summed E-state index contributed by atoms with van der Waals surface area (Å²) in [5.74, 6) is -0.106. The molecule has 2 fully saturated rings. The van der Waals surface area contributed by atoms with Crippen LogP contribution in [0.4, 0.5) is 0 Å². The van der Waals surface area contributed by atoms with Crippen molar-refractivity contribution in [2.75, 3.05) is 32.8 Å². The maximum absolute atomic E-state index is 12.4. The number of aromatic nitrogens is 2. The molecule has 0 unspecified atom stereocenters. The maximum Gasteiger partial charge on any atom is 0.274 e. The molecular formula is C15H22N4O3. The van der Waals surface area contributed by atoms with Crippen LogP contribution in [-0.4, -0.2) is 70.8 Å². The SMILES string of the molecule is C[C@H]1CN(C2CCN(C(=O)c3ccc(=O)[nH]n3)CC2)CCO1. The largest absolute Gasteiger partial charge is 0.376 e. The van der Waals surface area contributed by atoms with E-state index in [1.165, 1.54) is 12.1 Å². The van der Waals surface area contributed by atoms with E-state index in [1.807, 2.05) is 4.90 Å². The standard InChI is InChI=1S/C15H22N4O3/c1-11-10-19(8-9-22-11)12-4-6-18(7-5-12)15(21)13-2-3-14(20)17-16-13/h2-3,11-12H,4-10H2,1H3,(H,17,20)/t11-/m0/s1. The topological polar surface area (TPSA) is 78.5 Å². The van der Waals surface area contributed by atoms with E-state index >= 15 is 0 Å². The lowest BCUT2D eigenvalue weighted by molar-refractivity contribution is -0.0424. The predicted octanol–water partition coefficient (Wildman–Crippen LogP) is 0.0952. The Morgan fingerprint density at radius 3 is 2.73 bits per heavy atom. The minimum Gasteiger partial charge on any atom is -0.376 e. The van der Waals surface area contributed by atoms with Gasteiger partial charge >= 0.3 is 0 Å². The van der Waals surface area contributed by atoms with Crippen LogP contribution in [0.25, 0.3) is 0 Å². The van der Waals surface area contributed by atoms with E-state index in [0.717, 1.165) is 45.6 Å². The molecule has 0 spiro atoms. The number of carbonyl (C=O) groups excluding carboxylic acids is 1. The number of nitrogens with zero attached hydrogens (tertiary/aromatic N) is 3. The minimum atomic E-state index is -0.295. The monoisotopic (exact) mass is 306 g/mol. The van der Waals surface area contributed by atoms with Gasteiger partial charge in [0.05, 0.1) is 12.7 Å². The molecule has 3 rings (SSSR count). The summed E-state index contributed by atoms with van der Waals surface area (Å²) < 4.78 is 5.58. The summed E-state index contributed by atoms with van der Waals surface area (Å²) in [6.45, 7) is 6.31. The third-order valence-corrected chi connectivity index (χ3v) is 4.44. The average molecular weight is 306 g/mol. The summed E-state index contributed by atoms with van der Waals surface area (Å²) in [5, 5.41) is 6.13. The maximum atomic E-state index is 12.4. The Morgan fingerprint density at radius 2 is 2.09 bits per heavy atom. The van der Waals surface area contributed by atoms with Crippen molar-refractivity contribution in [1.29, 1.82) is 0 Å². The van der Waals surface area contributed by atoms with E-state index in [4.69, 9.17) is 4.74 Å². The number of morpholine rings is 1. The summed E-state index contributed by atoms with van der Waals surface area (Å²) in [6.07, 6.45) is 2.24. The highest BCUT2D eigenvalue weighted by molar-refractivity contribution is 5.92. The fourth-order valence-electron chi connectivity index (χ4n) is 3.24. The molecule has 7 nitrogen and oxygen atoms in total. The van der Waals surface area contributed by atoms with E-state index in [-0.39, 0.29) is 11.5 Å². The Kier molecular flexibility index (Phi) is 4.54. The Morgan fingerprint density at radius 1 is 1.32 bits per heavy atom. The number of likely N-dealkylation sites (tertiary alicyclic amines) is 1. The Bertz CT molecular complexity index is 560. The van der Waals surface area contributed by atoms with Crippen molar-refractivity contribution in [3.63, 3.8) is 0 Å². The normalized spacial score (nSPS) is 24.4. The molecule has 0 bridgehead atoms. The van der Waals surface area contributed by atoms with E-state index < -0.39 is 0 Å². The molecule has 0 aromatic carbocycles. The van der Waals surface area contributed by atoms with Crippen LogP contribution in [0, 0.1) is 0 Å². The molecule has 1 aromatic heterocycles. The third kappa shape index (κ3) is 3.36. The molecule has 2 aliphatic rings. The number of carbonyl (C=O) groups is 1. The van der Waals surface area contributed by atoms with Gasteiger partial charge in [-0.3, -0.25) is 14.5 Å². The lowest BCUT2D eigenvalue weighted by Crippen LogP contribution is -2.51. The van der Waals surface area contributed by atoms with E-state index in [2.05, 4.69) is 22.0 Å². The minimum absolute atomic E-state index is 0.106. The second-order valence-corrected chi connectivity index (χ2v) is 6.01. The second kappa shape index (κ2) is 6.58.